The molecule has 0 N–H and O–H groups in total. The monoisotopic (exact) mass is 161 g/mol. The zero-order chi connectivity index (χ0) is 8.81. The molecule has 0 saturated heterocycles. The number of nitrogens with zero attached hydrogens (tertiary/aromatic N) is 3. The van der Waals surface area contributed by atoms with E-state index in [1.807, 2.05) is 24.5 Å². The van der Waals surface area contributed by atoms with Gasteiger partial charge in [0.25, 0.3) is 0 Å². The van der Waals surface area contributed by atoms with Gasteiger partial charge >= 0.3 is 0 Å². The number of pyridine rings is 1. The molecule has 0 saturated carbocycles. The van der Waals surface area contributed by atoms with Gasteiger partial charge in [0.05, 0.1) is 0 Å². The molecule has 1 aromatic rings. The first-order valence-electron chi connectivity index (χ1n) is 3.82. The standard InChI is InChI=1S/C9H11N3/c1-12(8-10)6-4-9-3-2-5-11-7-9/h2-3,5,7H,4,6H2,1H3. The maximum absolute atomic E-state index is 8.47. The average Bonchev–Trinajstić information content (AvgIpc) is 2.16. The normalized spacial score (nSPS) is 9.00. The summed E-state index contributed by atoms with van der Waals surface area (Å²) in [4.78, 5) is 5.59. The van der Waals surface area contributed by atoms with Crippen molar-refractivity contribution >= 4 is 0 Å². The molecule has 0 spiro atoms. The molecule has 0 bridgehead atoms. The summed E-state index contributed by atoms with van der Waals surface area (Å²) in [7, 11) is 1.77. The Bertz CT molecular complexity index is 263. The third-order valence-electron chi connectivity index (χ3n) is 1.63. The van der Waals surface area contributed by atoms with Crippen LogP contribution in [-0.2, 0) is 6.42 Å². The highest BCUT2D eigenvalue weighted by Gasteiger charge is 1.94. The van der Waals surface area contributed by atoms with Crippen molar-refractivity contribution in [2.75, 3.05) is 13.6 Å². The Balaban J connectivity index is 2.40. The Hall–Kier alpha value is -1.56. The Kier molecular flexibility index (Phi) is 3.09. The second-order valence-corrected chi connectivity index (χ2v) is 2.63. The van der Waals surface area contributed by atoms with Gasteiger partial charge in [-0.2, -0.15) is 5.26 Å². The van der Waals surface area contributed by atoms with E-state index in [0.717, 1.165) is 13.0 Å². The Morgan fingerprint density at radius 3 is 3.08 bits per heavy atom. The lowest BCUT2D eigenvalue weighted by molar-refractivity contribution is 0.478. The maximum Gasteiger partial charge on any atom is 0.179 e. The summed E-state index contributed by atoms with van der Waals surface area (Å²) in [6.45, 7) is 0.752. The summed E-state index contributed by atoms with van der Waals surface area (Å²) < 4.78 is 0. The largest absolute Gasteiger partial charge is 0.313 e. The predicted molar refractivity (Wildman–Crippen MR) is 46.2 cm³/mol. The molecule has 3 heteroatoms. The smallest absolute Gasteiger partial charge is 0.179 e. The molecule has 0 aliphatic rings. The van der Waals surface area contributed by atoms with Crippen LogP contribution in [0.25, 0.3) is 0 Å². The Morgan fingerprint density at radius 1 is 1.67 bits per heavy atom. The minimum Gasteiger partial charge on any atom is -0.313 e. The van der Waals surface area contributed by atoms with E-state index in [4.69, 9.17) is 5.26 Å². The molecular weight excluding hydrogens is 150 g/mol. The van der Waals surface area contributed by atoms with Gasteiger partial charge in [0.15, 0.2) is 6.19 Å². The highest BCUT2D eigenvalue weighted by atomic mass is 15.1. The van der Waals surface area contributed by atoms with Crippen molar-refractivity contribution in [3.8, 4) is 6.19 Å². The summed E-state index contributed by atoms with van der Waals surface area (Å²) in [5.41, 5.74) is 1.17. The number of aromatic nitrogens is 1. The van der Waals surface area contributed by atoms with Gasteiger partial charge in [-0.15, -0.1) is 0 Å². The summed E-state index contributed by atoms with van der Waals surface area (Å²) in [6, 6.07) is 3.92. The second kappa shape index (κ2) is 4.35. The van der Waals surface area contributed by atoms with Crippen LogP contribution in [0, 0.1) is 11.5 Å². The third kappa shape index (κ3) is 2.59. The van der Waals surface area contributed by atoms with Gasteiger partial charge in [0.1, 0.15) is 0 Å². The molecular formula is C9H11N3. The van der Waals surface area contributed by atoms with Gasteiger partial charge < -0.3 is 4.90 Å². The van der Waals surface area contributed by atoms with E-state index in [1.54, 1.807) is 18.1 Å². The molecule has 0 radical (unpaired) electrons. The van der Waals surface area contributed by atoms with Crippen LogP contribution < -0.4 is 0 Å². The van der Waals surface area contributed by atoms with Crippen molar-refractivity contribution in [1.29, 1.82) is 5.26 Å². The first-order valence-corrected chi connectivity index (χ1v) is 3.82. The van der Waals surface area contributed by atoms with E-state index in [9.17, 15) is 0 Å². The van der Waals surface area contributed by atoms with Gasteiger partial charge in [-0.1, -0.05) is 6.07 Å². The van der Waals surface area contributed by atoms with Crippen LogP contribution in [0.3, 0.4) is 0 Å². The fraction of sp³-hybridized carbons (Fsp3) is 0.333. The van der Waals surface area contributed by atoms with Crippen LogP contribution in [0.15, 0.2) is 24.5 Å². The molecule has 0 aromatic carbocycles. The van der Waals surface area contributed by atoms with Crippen LogP contribution in [0.5, 0.6) is 0 Å². The molecule has 0 fully saturated rings. The van der Waals surface area contributed by atoms with Gasteiger partial charge in [0, 0.05) is 26.0 Å². The fourth-order valence-corrected chi connectivity index (χ4v) is 0.893. The van der Waals surface area contributed by atoms with Gasteiger partial charge in [-0.3, -0.25) is 4.98 Å². The number of nitriles is 1. The molecule has 1 aromatic heterocycles. The lowest BCUT2D eigenvalue weighted by atomic mass is 10.2. The number of hydrogen-bond acceptors (Lipinski definition) is 3. The molecule has 0 unspecified atom stereocenters. The van der Waals surface area contributed by atoms with E-state index >= 15 is 0 Å². The summed E-state index contributed by atoms with van der Waals surface area (Å²) in [5.74, 6) is 0. The van der Waals surface area contributed by atoms with Crippen molar-refractivity contribution in [2.45, 2.75) is 6.42 Å². The Labute approximate surface area is 72.3 Å². The molecule has 0 amide bonds. The van der Waals surface area contributed by atoms with Crippen molar-refractivity contribution in [1.82, 2.24) is 9.88 Å². The molecule has 0 aliphatic carbocycles. The number of likely N-dealkylation sites (N-methyl/N-ethyl adjacent to an activating group) is 1. The molecule has 3 nitrogen and oxygen atoms in total. The summed E-state index contributed by atoms with van der Waals surface area (Å²) >= 11 is 0. The minimum absolute atomic E-state index is 0.752. The molecule has 0 atom stereocenters. The molecule has 0 aliphatic heterocycles. The summed E-state index contributed by atoms with van der Waals surface area (Å²) in [6.07, 6.45) is 6.49. The zero-order valence-corrected chi connectivity index (χ0v) is 7.07. The van der Waals surface area contributed by atoms with E-state index in [1.165, 1.54) is 5.56 Å². The van der Waals surface area contributed by atoms with E-state index in [-0.39, 0.29) is 0 Å². The van der Waals surface area contributed by atoms with Crippen LogP contribution in [0.4, 0.5) is 0 Å². The van der Waals surface area contributed by atoms with Crippen molar-refractivity contribution < 1.29 is 0 Å². The van der Waals surface area contributed by atoms with Crippen LogP contribution in [0.1, 0.15) is 5.56 Å². The van der Waals surface area contributed by atoms with E-state index in [2.05, 4.69) is 4.98 Å². The molecule has 1 rings (SSSR count). The number of rotatable bonds is 3. The first-order chi connectivity index (χ1) is 5.83. The zero-order valence-electron chi connectivity index (χ0n) is 7.07. The van der Waals surface area contributed by atoms with Crippen LogP contribution in [0.2, 0.25) is 0 Å². The summed E-state index contributed by atoms with van der Waals surface area (Å²) in [5, 5.41) is 8.47. The quantitative estimate of drug-likeness (QED) is 0.491. The maximum atomic E-state index is 8.47. The topological polar surface area (TPSA) is 39.9 Å². The van der Waals surface area contributed by atoms with Gasteiger partial charge in [-0.25, -0.2) is 0 Å². The molecule has 62 valence electrons. The predicted octanol–water partition coefficient (Wildman–Crippen LogP) is 1.04. The third-order valence-corrected chi connectivity index (χ3v) is 1.63. The van der Waals surface area contributed by atoms with E-state index < -0.39 is 0 Å². The minimum atomic E-state index is 0.752. The lowest BCUT2D eigenvalue weighted by Gasteiger charge is -2.07. The second-order valence-electron chi connectivity index (χ2n) is 2.63. The highest BCUT2D eigenvalue weighted by Crippen LogP contribution is 1.97. The van der Waals surface area contributed by atoms with E-state index in [0.29, 0.717) is 0 Å². The highest BCUT2D eigenvalue weighted by molar-refractivity contribution is 5.08. The van der Waals surface area contributed by atoms with Gasteiger partial charge in [0.2, 0.25) is 0 Å². The molecule has 12 heavy (non-hydrogen) atoms. The molecule has 1 heterocycles. The average molecular weight is 161 g/mol. The van der Waals surface area contributed by atoms with Crippen LogP contribution >= 0.6 is 0 Å². The lowest BCUT2D eigenvalue weighted by Crippen LogP contribution is -2.14. The van der Waals surface area contributed by atoms with Crippen molar-refractivity contribution in [3.63, 3.8) is 0 Å². The Morgan fingerprint density at radius 2 is 2.50 bits per heavy atom. The SMILES string of the molecule is CN(C#N)CCc1cccnc1. The van der Waals surface area contributed by atoms with Crippen LogP contribution in [-0.4, -0.2) is 23.5 Å². The van der Waals surface area contributed by atoms with Crippen molar-refractivity contribution in [2.24, 2.45) is 0 Å². The number of hydrogen-bond donors (Lipinski definition) is 0. The van der Waals surface area contributed by atoms with Gasteiger partial charge in [-0.05, 0) is 18.1 Å². The first kappa shape index (κ1) is 8.54. The van der Waals surface area contributed by atoms with Crippen molar-refractivity contribution in [3.05, 3.63) is 30.1 Å². The fourth-order valence-electron chi connectivity index (χ4n) is 0.893.